The molecule has 0 amide bonds. The number of hydrogen-bond acceptors (Lipinski definition) is 6. The Bertz CT molecular complexity index is 1340. The number of anilines is 1. The van der Waals surface area contributed by atoms with Gasteiger partial charge in [-0.3, -0.25) is 4.72 Å². The molecule has 0 aliphatic heterocycles. The number of nitrogens with zero attached hydrogens (tertiary/aromatic N) is 4. The standard InChI is InChI=1S/C22H20ClN5O3S/c1-15-12-16(2)28(26-15)21-10-11-22(25-24-21)31-20-8-6-19(7-9-20)27-32(29,30)14-17-4-3-5-18(23)13-17/h3-13,27H,14H2,1-2H3. The summed E-state index contributed by atoms with van der Waals surface area (Å²) in [4.78, 5) is 0. The SMILES string of the molecule is Cc1cc(C)n(-c2ccc(Oc3ccc(NS(=O)(=O)Cc4cccc(Cl)c4)cc3)nn2)n1. The molecule has 4 rings (SSSR count). The van der Waals surface area contributed by atoms with Crippen molar-refractivity contribution in [1.82, 2.24) is 20.0 Å². The largest absolute Gasteiger partial charge is 0.438 e. The molecule has 2 aromatic carbocycles. The highest BCUT2D eigenvalue weighted by Gasteiger charge is 2.13. The normalized spacial score (nSPS) is 11.3. The monoisotopic (exact) mass is 469 g/mol. The van der Waals surface area contributed by atoms with E-state index in [1.807, 2.05) is 19.9 Å². The van der Waals surface area contributed by atoms with Gasteiger partial charge in [0.25, 0.3) is 0 Å². The summed E-state index contributed by atoms with van der Waals surface area (Å²) in [5.74, 6) is 1.22. The number of sulfonamides is 1. The highest BCUT2D eigenvalue weighted by molar-refractivity contribution is 7.91. The van der Waals surface area contributed by atoms with Crippen molar-refractivity contribution in [3.05, 3.63) is 88.7 Å². The maximum Gasteiger partial charge on any atom is 0.238 e. The van der Waals surface area contributed by atoms with Gasteiger partial charge in [-0.25, -0.2) is 13.1 Å². The third-order valence-electron chi connectivity index (χ3n) is 4.45. The maximum atomic E-state index is 12.4. The van der Waals surface area contributed by atoms with Crippen LogP contribution in [0.15, 0.2) is 66.7 Å². The minimum atomic E-state index is -3.59. The van der Waals surface area contributed by atoms with Crippen LogP contribution >= 0.6 is 11.6 Å². The molecule has 10 heteroatoms. The highest BCUT2D eigenvalue weighted by atomic mass is 35.5. The van der Waals surface area contributed by atoms with Gasteiger partial charge in [-0.15, -0.1) is 10.2 Å². The van der Waals surface area contributed by atoms with E-state index < -0.39 is 10.0 Å². The molecule has 2 aromatic heterocycles. The van der Waals surface area contributed by atoms with Crippen LogP contribution in [0.25, 0.3) is 5.82 Å². The number of hydrogen-bond donors (Lipinski definition) is 1. The average molecular weight is 470 g/mol. The molecule has 8 nitrogen and oxygen atoms in total. The quantitative estimate of drug-likeness (QED) is 0.422. The fourth-order valence-electron chi connectivity index (χ4n) is 3.11. The summed E-state index contributed by atoms with van der Waals surface area (Å²) >= 11 is 5.92. The molecule has 0 aliphatic rings. The Morgan fingerprint density at radius 3 is 2.41 bits per heavy atom. The first kappa shape index (κ1) is 21.8. The second-order valence-electron chi connectivity index (χ2n) is 7.19. The first-order valence-electron chi connectivity index (χ1n) is 9.68. The number of halogens is 1. The Morgan fingerprint density at radius 2 is 1.78 bits per heavy atom. The minimum absolute atomic E-state index is 0.178. The summed E-state index contributed by atoms with van der Waals surface area (Å²) in [6.45, 7) is 3.85. The zero-order valence-corrected chi connectivity index (χ0v) is 18.9. The molecule has 0 fully saturated rings. The average Bonchev–Trinajstić information content (AvgIpc) is 3.07. The molecular weight excluding hydrogens is 450 g/mol. The molecule has 0 saturated heterocycles. The third kappa shape index (κ3) is 5.43. The number of nitrogens with one attached hydrogen (secondary N) is 1. The lowest BCUT2D eigenvalue weighted by molar-refractivity contribution is 0.454. The molecule has 1 N–H and O–H groups in total. The van der Waals surface area contributed by atoms with Crippen molar-refractivity contribution in [1.29, 1.82) is 0 Å². The van der Waals surface area contributed by atoms with E-state index in [2.05, 4.69) is 20.0 Å². The Labute approximate surface area is 190 Å². The van der Waals surface area contributed by atoms with E-state index in [0.717, 1.165) is 11.4 Å². The van der Waals surface area contributed by atoms with Gasteiger partial charge in [-0.05, 0) is 67.9 Å². The van der Waals surface area contributed by atoms with Crippen molar-refractivity contribution < 1.29 is 13.2 Å². The van der Waals surface area contributed by atoms with Crippen LogP contribution in [0.1, 0.15) is 17.0 Å². The Hall–Kier alpha value is -3.43. The highest BCUT2D eigenvalue weighted by Crippen LogP contribution is 2.23. The topological polar surface area (TPSA) is 99.0 Å². The second kappa shape index (κ2) is 8.97. The van der Waals surface area contributed by atoms with Crippen LogP contribution < -0.4 is 9.46 Å². The van der Waals surface area contributed by atoms with Gasteiger partial charge < -0.3 is 4.74 Å². The van der Waals surface area contributed by atoms with E-state index in [0.29, 0.717) is 33.7 Å². The Balaban J connectivity index is 1.40. The van der Waals surface area contributed by atoms with Gasteiger partial charge in [0.1, 0.15) is 5.75 Å². The molecular formula is C22H20ClN5O3S. The van der Waals surface area contributed by atoms with Gasteiger partial charge in [0.15, 0.2) is 5.82 Å². The van der Waals surface area contributed by atoms with Crippen molar-refractivity contribution in [2.45, 2.75) is 19.6 Å². The molecule has 164 valence electrons. The van der Waals surface area contributed by atoms with Crippen molar-refractivity contribution in [2.75, 3.05) is 4.72 Å². The smallest absolute Gasteiger partial charge is 0.238 e. The van der Waals surface area contributed by atoms with Crippen molar-refractivity contribution >= 4 is 27.3 Å². The number of ether oxygens (including phenoxy) is 1. The molecule has 32 heavy (non-hydrogen) atoms. The van der Waals surface area contributed by atoms with Crippen LogP contribution in [-0.2, 0) is 15.8 Å². The van der Waals surface area contributed by atoms with Gasteiger partial charge in [-0.1, -0.05) is 23.7 Å². The Morgan fingerprint density at radius 1 is 1.00 bits per heavy atom. The van der Waals surface area contributed by atoms with Crippen LogP contribution in [0.2, 0.25) is 5.02 Å². The molecule has 0 aliphatic carbocycles. The molecule has 0 spiro atoms. The van der Waals surface area contributed by atoms with Gasteiger partial charge in [0.05, 0.1) is 11.4 Å². The molecule has 2 heterocycles. The van der Waals surface area contributed by atoms with Crippen molar-refractivity contribution in [3.63, 3.8) is 0 Å². The number of benzene rings is 2. The molecule has 0 unspecified atom stereocenters. The van der Waals surface area contributed by atoms with E-state index >= 15 is 0 Å². The summed E-state index contributed by atoms with van der Waals surface area (Å²) in [6, 6.07) is 18.7. The summed E-state index contributed by atoms with van der Waals surface area (Å²) in [5.41, 5.74) is 2.88. The molecule has 4 aromatic rings. The lowest BCUT2D eigenvalue weighted by Gasteiger charge is -2.10. The summed E-state index contributed by atoms with van der Waals surface area (Å²) in [7, 11) is -3.59. The summed E-state index contributed by atoms with van der Waals surface area (Å²) in [6.07, 6.45) is 0. The molecule has 0 atom stereocenters. The second-order valence-corrected chi connectivity index (χ2v) is 9.34. The zero-order valence-electron chi connectivity index (χ0n) is 17.4. The minimum Gasteiger partial charge on any atom is -0.438 e. The van der Waals surface area contributed by atoms with E-state index in [9.17, 15) is 8.42 Å². The van der Waals surface area contributed by atoms with Crippen LogP contribution in [-0.4, -0.2) is 28.4 Å². The van der Waals surface area contributed by atoms with Crippen LogP contribution in [0.3, 0.4) is 0 Å². The van der Waals surface area contributed by atoms with Crippen LogP contribution in [0.4, 0.5) is 5.69 Å². The van der Waals surface area contributed by atoms with Crippen LogP contribution in [0, 0.1) is 13.8 Å². The molecule has 0 radical (unpaired) electrons. The fourth-order valence-corrected chi connectivity index (χ4v) is 4.51. The van der Waals surface area contributed by atoms with Crippen LogP contribution in [0.5, 0.6) is 11.6 Å². The summed E-state index contributed by atoms with van der Waals surface area (Å²) in [5, 5.41) is 13.1. The van der Waals surface area contributed by atoms with E-state index in [1.165, 1.54) is 0 Å². The first-order valence-corrected chi connectivity index (χ1v) is 11.7. The number of aromatic nitrogens is 4. The summed E-state index contributed by atoms with van der Waals surface area (Å²) < 4.78 is 34.8. The van der Waals surface area contributed by atoms with Gasteiger partial charge in [0, 0.05) is 22.5 Å². The van der Waals surface area contributed by atoms with Gasteiger partial charge in [-0.2, -0.15) is 5.10 Å². The van der Waals surface area contributed by atoms with Gasteiger partial charge in [0.2, 0.25) is 15.9 Å². The third-order valence-corrected chi connectivity index (χ3v) is 5.94. The van der Waals surface area contributed by atoms with E-state index in [4.69, 9.17) is 16.3 Å². The lowest BCUT2D eigenvalue weighted by atomic mass is 10.2. The van der Waals surface area contributed by atoms with E-state index in [1.54, 1.807) is 65.3 Å². The van der Waals surface area contributed by atoms with Gasteiger partial charge >= 0.3 is 0 Å². The first-order chi connectivity index (χ1) is 15.3. The van der Waals surface area contributed by atoms with Crippen molar-refractivity contribution in [3.8, 4) is 17.4 Å². The predicted octanol–water partition coefficient (Wildman–Crippen LogP) is 4.67. The molecule has 0 bridgehead atoms. The lowest BCUT2D eigenvalue weighted by Crippen LogP contribution is -2.15. The zero-order chi connectivity index (χ0) is 22.7. The number of aryl methyl sites for hydroxylation is 2. The maximum absolute atomic E-state index is 12.4. The molecule has 0 saturated carbocycles. The van der Waals surface area contributed by atoms with E-state index in [-0.39, 0.29) is 5.75 Å². The van der Waals surface area contributed by atoms with Crippen molar-refractivity contribution in [2.24, 2.45) is 0 Å². The predicted molar refractivity (Wildman–Crippen MR) is 123 cm³/mol. The number of rotatable bonds is 7. The Kier molecular flexibility index (Phi) is 6.11. The fraction of sp³-hybridized carbons (Fsp3) is 0.136.